The average Bonchev–Trinajstić information content (AvgIpc) is 2.98. The van der Waals surface area contributed by atoms with Crippen molar-refractivity contribution in [2.45, 2.75) is 32.0 Å². The first-order valence-electron chi connectivity index (χ1n) is 7.98. The van der Waals surface area contributed by atoms with Crippen molar-refractivity contribution in [1.82, 2.24) is 4.90 Å². The molecular weight excluding hydrogens is 282 g/mol. The highest BCUT2D eigenvalue weighted by Crippen LogP contribution is 2.31. The molecular formula is C17H23NO4. The second-order valence-electron chi connectivity index (χ2n) is 5.74. The van der Waals surface area contributed by atoms with Crippen LogP contribution in [-0.2, 0) is 20.7 Å². The van der Waals surface area contributed by atoms with Gasteiger partial charge in [-0.2, -0.15) is 0 Å². The van der Waals surface area contributed by atoms with Gasteiger partial charge in [0.25, 0.3) is 0 Å². The molecule has 5 nitrogen and oxygen atoms in total. The van der Waals surface area contributed by atoms with Gasteiger partial charge in [-0.05, 0) is 24.6 Å². The molecule has 0 saturated carbocycles. The fraction of sp³-hybridized carbons (Fsp3) is 0.588. The number of likely N-dealkylation sites (tertiary alicyclic amines) is 1. The van der Waals surface area contributed by atoms with E-state index in [0.29, 0.717) is 39.3 Å². The number of piperidine rings is 1. The first-order valence-corrected chi connectivity index (χ1v) is 7.98. The summed E-state index contributed by atoms with van der Waals surface area (Å²) in [5, 5.41) is 0. The van der Waals surface area contributed by atoms with Crippen LogP contribution in [0.25, 0.3) is 0 Å². The predicted molar refractivity (Wildman–Crippen MR) is 81.8 cm³/mol. The van der Waals surface area contributed by atoms with E-state index in [-0.39, 0.29) is 5.91 Å². The molecule has 120 valence electrons. The first kappa shape index (κ1) is 15.3. The Labute approximate surface area is 131 Å². The molecule has 2 heterocycles. The van der Waals surface area contributed by atoms with E-state index in [1.165, 1.54) is 0 Å². The summed E-state index contributed by atoms with van der Waals surface area (Å²) in [7, 11) is 0. The Morgan fingerprint density at radius 2 is 1.82 bits per heavy atom. The Kier molecular flexibility index (Phi) is 4.64. The van der Waals surface area contributed by atoms with E-state index < -0.39 is 5.79 Å². The molecule has 0 unspecified atom stereocenters. The van der Waals surface area contributed by atoms with E-state index in [0.717, 1.165) is 24.2 Å². The summed E-state index contributed by atoms with van der Waals surface area (Å²) in [6.45, 7) is 5.35. The summed E-state index contributed by atoms with van der Waals surface area (Å²) in [5.74, 6) is 0.585. The van der Waals surface area contributed by atoms with Gasteiger partial charge >= 0.3 is 0 Å². The van der Waals surface area contributed by atoms with E-state index in [1.807, 2.05) is 36.1 Å². The van der Waals surface area contributed by atoms with Crippen molar-refractivity contribution in [3.63, 3.8) is 0 Å². The molecule has 0 bridgehead atoms. The highest BCUT2D eigenvalue weighted by molar-refractivity contribution is 5.78. The predicted octanol–water partition coefficient (Wildman–Crippen LogP) is 1.99. The Balaban J connectivity index is 1.52. The number of nitrogens with zero attached hydrogens (tertiary/aromatic N) is 1. The van der Waals surface area contributed by atoms with Crippen LogP contribution in [0.15, 0.2) is 24.3 Å². The number of carbonyl (C=O) groups excluding carboxylic acids is 1. The number of amides is 1. The average molecular weight is 305 g/mol. The normalized spacial score (nSPS) is 20.3. The molecule has 1 aromatic carbocycles. The second kappa shape index (κ2) is 6.67. The minimum Gasteiger partial charge on any atom is -0.494 e. The maximum Gasteiger partial charge on any atom is 0.226 e. The Morgan fingerprint density at radius 1 is 1.18 bits per heavy atom. The van der Waals surface area contributed by atoms with Gasteiger partial charge in [-0.15, -0.1) is 0 Å². The molecule has 0 aromatic heterocycles. The summed E-state index contributed by atoms with van der Waals surface area (Å²) in [6.07, 6.45) is 1.96. The number of ether oxygens (including phenoxy) is 3. The van der Waals surface area contributed by atoms with Crippen LogP contribution in [0.3, 0.4) is 0 Å². The lowest BCUT2D eigenvalue weighted by Gasteiger charge is -2.37. The molecule has 0 atom stereocenters. The lowest BCUT2D eigenvalue weighted by atomic mass is 10.0. The molecule has 2 fully saturated rings. The van der Waals surface area contributed by atoms with Crippen LogP contribution in [0.1, 0.15) is 25.3 Å². The molecule has 0 aliphatic carbocycles. The fourth-order valence-corrected chi connectivity index (χ4v) is 3.04. The zero-order valence-corrected chi connectivity index (χ0v) is 13.0. The number of hydrogen-bond acceptors (Lipinski definition) is 4. The summed E-state index contributed by atoms with van der Waals surface area (Å²) in [4.78, 5) is 14.3. The number of carbonyl (C=O) groups is 1. The van der Waals surface area contributed by atoms with E-state index in [4.69, 9.17) is 14.2 Å². The van der Waals surface area contributed by atoms with Crippen molar-refractivity contribution >= 4 is 5.91 Å². The largest absolute Gasteiger partial charge is 0.494 e. The lowest BCUT2D eigenvalue weighted by molar-refractivity contribution is -0.187. The van der Waals surface area contributed by atoms with Gasteiger partial charge in [-0.1, -0.05) is 12.1 Å². The zero-order valence-electron chi connectivity index (χ0n) is 13.0. The summed E-state index contributed by atoms with van der Waals surface area (Å²) >= 11 is 0. The number of rotatable bonds is 4. The third kappa shape index (κ3) is 3.42. The number of benzene rings is 1. The van der Waals surface area contributed by atoms with Crippen molar-refractivity contribution < 1.29 is 19.0 Å². The minimum absolute atomic E-state index is 0.164. The highest BCUT2D eigenvalue weighted by Gasteiger charge is 2.40. The van der Waals surface area contributed by atoms with E-state index >= 15 is 0 Å². The van der Waals surface area contributed by atoms with Crippen LogP contribution in [0.2, 0.25) is 0 Å². The van der Waals surface area contributed by atoms with Gasteiger partial charge < -0.3 is 19.1 Å². The van der Waals surface area contributed by atoms with Gasteiger partial charge in [0.1, 0.15) is 5.75 Å². The van der Waals surface area contributed by atoms with Crippen LogP contribution >= 0.6 is 0 Å². The smallest absolute Gasteiger partial charge is 0.226 e. The summed E-state index contributed by atoms with van der Waals surface area (Å²) in [6, 6.07) is 7.74. The quantitative estimate of drug-likeness (QED) is 0.853. The van der Waals surface area contributed by atoms with Gasteiger partial charge in [0.05, 0.1) is 26.2 Å². The standard InChI is InChI=1S/C17H23NO4/c1-2-20-15-5-3-14(4-6-15)13-16(19)18-9-7-17(8-10-18)21-11-12-22-17/h3-6H,2,7-13H2,1H3. The third-order valence-corrected chi connectivity index (χ3v) is 4.28. The molecule has 0 N–H and O–H groups in total. The monoisotopic (exact) mass is 305 g/mol. The van der Waals surface area contributed by atoms with Gasteiger partial charge in [0.15, 0.2) is 5.79 Å². The van der Waals surface area contributed by atoms with Crippen molar-refractivity contribution in [2.24, 2.45) is 0 Å². The summed E-state index contributed by atoms with van der Waals surface area (Å²) < 4.78 is 16.8. The fourth-order valence-electron chi connectivity index (χ4n) is 3.04. The van der Waals surface area contributed by atoms with Crippen LogP contribution < -0.4 is 4.74 Å². The lowest BCUT2D eigenvalue weighted by Crippen LogP contribution is -2.47. The first-order chi connectivity index (χ1) is 10.7. The second-order valence-corrected chi connectivity index (χ2v) is 5.74. The van der Waals surface area contributed by atoms with Crippen molar-refractivity contribution in [3.8, 4) is 5.75 Å². The molecule has 1 aromatic rings. The third-order valence-electron chi connectivity index (χ3n) is 4.28. The van der Waals surface area contributed by atoms with Crippen LogP contribution in [-0.4, -0.2) is 49.5 Å². The molecule has 3 rings (SSSR count). The van der Waals surface area contributed by atoms with Gasteiger partial charge in [0.2, 0.25) is 5.91 Å². The Morgan fingerprint density at radius 3 is 2.41 bits per heavy atom. The topological polar surface area (TPSA) is 48.0 Å². The Hall–Kier alpha value is -1.59. The van der Waals surface area contributed by atoms with Gasteiger partial charge in [-0.3, -0.25) is 4.79 Å². The maximum absolute atomic E-state index is 12.4. The maximum atomic E-state index is 12.4. The van der Waals surface area contributed by atoms with Gasteiger partial charge in [0, 0.05) is 25.9 Å². The molecule has 2 saturated heterocycles. The van der Waals surface area contributed by atoms with Crippen molar-refractivity contribution in [1.29, 1.82) is 0 Å². The van der Waals surface area contributed by atoms with E-state index in [2.05, 4.69) is 0 Å². The molecule has 1 amide bonds. The van der Waals surface area contributed by atoms with E-state index in [1.54, 1.807) is 0 Å². The molecule has 1 spiro atoms. The van der Waals surface area contributed by atoms with Crippen molar-refractivity contribution in [3.05, 3.63) is 29.8 Å². The van der Waals surface area contributed by atoms with Gasteiger partial charge in [-0.25, -0.2) is 0 Å². The number of hydrogen-bond donors (Lipinski definition) is 0. The SMILES string of the molecule is CCOc1ccc(CC(=O)N2CCC3(CC2)OCCO3)cc1. The molecule has 22 heavy (non-hydrogen) atoms. The Bertz CT molecular complexity index is 498. The molecule has 5 heteroatoms. The molecule has 2 aliphatic heterocycles. The van der Waals surface area contributed by atoms with Crippen LogP contribution in [0.4, 0.5) is 0 Å². The van der Waals surface area contributed by atoms with E-state index in [9.17, 15) is 4.79 Å². The van der Waals surface area contributed by atoms with Crippen LogP contribution in [0, 0.1) is 0 Å². The highest BCUT2D eigenvalue weighted by atomic mass is 16.7. The van der Waals surface area contributed by atoms with Crippen molar-refractivity contribution in [2.75, 3.05) is 32.9 Å². The summed E-state index contributed by atoms with van der Waals surface area (Å²) in [5.41, 5.74) is 1.02. The molecule has 0 radical (unpaired) electrons. The molecule has 2 aliphatic rings. The van der Waals surface area contributed by atoms with Crippen LogP contribution in [0.5, 0.6) is 5.75 Å². The zero-order chi connectivity index (χ0) is 15.4. The minimum atomic E-state index is -0.421.